The predicted molar refractivity (Wildman–Crippen MR) is 64.7 cm³/mol. The lowest BCUT2D eigenvalue weighted by molar-refractivity contribution is 0.621. The second-order valence-electron chi connectivity index (χ2n) is 3.28. The van der Waals surface area contributed by atoms with Crippen LogP contribution in [0, 0.1) is 19.7 Å². The van der Waals surface area contributed by atoms with Crippen LogP contribution in [0.2, 0.25) is 0 Å². The van der Waals surface area contributed by atoms with Crippen molar-refractivity contribution in [1.82, 2.24) is 4.98 Å². The Bertz CT molecular complexity index is 507. The van der Waals surface area contributed by atoms with Gasteiger partial charge < -0.3 is 0 Å². The molecule has 0 N–H and O–H groups in total. The van der Waals surface area contributed by atoms with Crippen LogP contribution in [0.4, 0.5) is 4.39 Å². The molecule has 0 atom stereocenters. The number of hydrogen-bond donors (Lipinski definition) is 0. The molecule has 0 spiro atoms. The summed E-state index contributed by atoms with van der Waals surface area (Å²) in [6, 6.07) is 5.03. The van der Waals surface area contributed by atoms with Gasteiger partial charge in [-0.1, -0.05) is 6.07 Å². The smallest absolute Gasteiger partial charge is 0.137 e. The third kappa shape index (κ3) is 2.11. The molecule has 2 aromatic rings. The fourth-order valence-electron chi connectivity index (χ4n) is 1.44. The van der Waals surface area contributed by atoms with Crippen molar-refractivity contribution >= 4 is 27.3 Å². The molecule has 0 unspecified atom stereocenters. The monoisotopic (exact) mass is 285 g/mol. The van der Waals surface area contributed by atoms with E-state index >= 15 is 0 Å². The molecular formula is C11H9BrFNS. The number of benzene rings is 1. The third-order valence-corrected chi connectivity index (χ3v) is 3.81. The van der Waals surface area contributed by atoms with Crippen LogP contribution in [0.25, 0.3) is 10.4 Å². The van der Waals surface area contributed by atoms with E-state index in [-0.39, 0.29) is 5.82 Å². The van der Waals surface area contributed by atoms with E-state index in [4.69, 9.17) is 0 Å². The second-order valence-corrected chi connectivity index (χ2v) is 5.33. The van der Waals surface area contributed by atoms with Crippen LogP contribution in [0.5, 0.6) is 0 Å². The average Bonchev–Trinajstić information content (AvgIpc) is 2.50. The van der Waals surface area contributed by atoms with Crippen molar-refractivity contribution in [2.45, 2.75) is 13.8 Å². The van der Waals surface area contributed by atoms with Gasteiger partial charge in [0, 0.05) is 0 Å². The zero-order chi connectivity index (χ0) is 11.0. The Labute approximate surface area is 100 Å². The molecule has 0 bridgehead atoms. The van der Waals surface area contributed by atoms with Gasteiger partial charge in [-0.2, -0.15) is 0 Å². The molecule has 1 heterocycles. The minimum Gasteiger partial charge on any atom is -0.246 e. The molecule has 0 aliphatic carbocycles. The van der Waals surface area contributed by atoms with Gasteiger partial charge in [0.1, 0.15) is 5.82 Å². The summed E-state index contributed by atoms with van der Waals surface area (Å²) in [5.41, 5.74) is 2.00. The number of aryl methyl sites for hydroxylation is 2. The SMILES string of the molecule is Cc1nc(C)c(-c2ccc(F)c(Br)c2)s1. The number of hydrogen-bond acceptors (Lipinski definition) is 2. The van der Waals surface area contributed by atoms with Gasteiger partial charge in [-0.25, -0.2) is 9.37 Å². The summed E-state index contributed by atoms with van der Waals surface area (Å²) >= 11 is 4.81. The molecule has 1 nitrogen and oxygen atoms in total. The summed E-state index contributed by atoms with van der Waals surface area (Å²) < 4.78 is 13.6. The number of halogens is 2. The van der Waals surface area contributed by atoms with E-state index in [0.29, 0.717) is 4.47 Å². The molecule has 4 heteroatoms. The Balaban J connectivity index is 2.54. The fraction of sp³-hybridized carbons (Fsp3) is 0.182. The first kappa shape index (κ1) is 10.8. The Kier molecular flexibility index (Phi) is 2.89. The fourth-order valence-corrected chi connectivity index (χ4v) is 2.73. The molecule has 78 valence electrons. The molecule has 0 saturated heterocycles. The van der Waals surface area contributed by atoms with Crippen LogP contribution in [-0.4, -0.2) is 4.98 Å². The molecule has 1 aromatic carbocycles. The van der Waals surface area contributed by atoms with Crippen LogP contribution in [-0.2, 0) is 0 Å². The van der Waals surface area contributed by atoms with Gasteiger partial charge in [0.2, 0.25) is 0 Å². The molecule has 1 aromatic heterocycles. The van der Waals surface area contributed by atoms with Gasteiger partial charge in [0.25, 0.3) is 0 Å². The molecule has 0 amide bonds. The average molecular weight is 286 g/mol. The molecule has 2 rings (SSSR count). The lowest BCUT2D eigenvalue weighted by Gasteiger charge is -2.00. The Morgan fingerprint density at radius 3 is 2.60 bits per heavy atom. The van der Waals surface area contributed by atoms with Crippen molar-refractivity contribution in [3.8, 4) is 10.4 Å². The normalized spacial score (nSPS) is 10.7. The largest absolute Gasteiger partial charge is 0.246 e. The van der Waals surface area contributed by atoms with E-state index in [1.165, 1.54) is 6.07 Å². The number of aromatic nitrogens is 1. The van der Waals surface area contributed by atoms with Crippen molar-refractivity contribution in [2.75, 3.05) is 0 Å². The summed E-state index contributed by atoms with van der Waals surface area (Å²) in [5, 5.41) is 1.03. The molecular weight excluding hydrogens is 277 g/mol. The maximum Gasteiger partial charge on any atom is 0.137 e. The van der Waals surface area contributed by atoms with E-state index in [1.807, 2.05) is 13.8 Å². The van der Waals surface area contributed by atoms with Crippen molar-refractivity contribution in [3.05, 3.63) is 39.2 Å². The second kappa shape index (κ2) is 4.02. The summed E-state index contributed by atoms with van der Waals surface area (Å²) in [4.78, 5) is 5.45. The zero-order valence-electron chi connectivity index (χ0n) is 8.34. The highest BCUT2D eigenvalue weighted by atomic mass is 79.9. The van der Waals surface area contributed by atoms with E-state index in [1.54, 1.807) is 23.5 Å². The van der Waals surface area contributed by atoms with Crippen molar-refractivity contribution < 1.29 is 4.39 Å². The van der Waals surface area contributed by atoms with Crippen LogP contribution in [0.15, 0.2) is 22.7 Å². The van der Waals surface area contributed by atoms with E-state index in [9.17, 15) is 4.39 Å². The van der Waals surface area contributed by atoms with Crippen molar-refractivity contribution in [1.29, 1.82) is 0 Å². The minimum atomic E-state index is -0.238. The number of rotatable bonds is 1. The Morgan fingerprint density at radius 1 is 1.33 bits per heavy atom. The van der Waals surface area contributed by atoms with Crippen LogP contribution < -0.4 is 0 Å². The van der Waals surface area contributed by atoms with Crippen LogP contribution in [0.1, 0.15) is 10.7 Å². The summed E-state index contributed by atoms with van der Waals surface area (Å²) in [7, 11) is 0. The van der Waals surface area contributed by atoms with E-state index < -0.39 is 0 Å². The summed E-state index contributed by atoms with van der Waals surface area (Å²) in [6.07, 6.45) is 0. The predicted octanol–water partition coefficient (Wildman–Crippen LogP) is 4.33. The maximum absolute atomic E-state index is 13.1. The van der Waals surface area contributed by atoms with Gasteiger partial charge in [0.15, 0.2) is 0 Å². The third-order valence-electron chi connectivity index (χ3n) is 2.09. The molecule has 0 aliphatic heterocycles. The molecule has 0 aliphatic rings. The molecule has 0 fully saturated rings. The van der Waals surface area contributed by atoms with Gasteiger partial charge in [0.05, 0.1) is 20.1 Å². The van der Waals surface area contributed by atoms with Crippen molar-refractivity contribution in [3.63, 3.8) is 0 Å². The van der Waals surface area contributed by atoms with Gasteiger partial charge >= 0.3 is 0 Å². The van der Waals surface area contributed by atoms with Crippen LogP contribution >= 0.6 is 27.3 Å². The molecule has 0 radical (unpaired) electrons. The van der Waals surface area contributed by atoms with Gasteiger partial charge in [-0.05, 0) is 47.5 Å². The number of thiazole rings is 1. The summed E-state index contributed by atoms with van der Waals surface area (Å²) in [6.45, 7) is 3.94. The Morgan fingerprint density at radius 2 is 2.07 bits per heavy atom. The highest BCUT2D eigenvalue weighted by molar-refractivity contribution is 9.10. The van der Waals surface area contributed by atoms with Crippen LogP contribution in [0.3, 0.4) is 0 Å². The first-order valence-corrected chi connectivity index (χ1v) is 6.08. The quantitative estimate of drug-likeness (QED) is 0.760. The lowest BCUT2D eigenvalue weighted by atomic mass is 10.1. The molecule has 15 heavy (non-hydrogen) atoms. The lowest BCUT2D eigenvalue weighted by Crippen LogP contribution is -1.81. The van der Waals surface area contributed by atoms with Gasteiger partial charge in [-0.15, -0.1) is 11.3 Å². The van der Waals surface area contributed by atoms with E-state index in [2.05, 4.69) is 20.9 Å². The highest BCUT2D eigenvalue weighted by Gasteiger charge is 2.09. The number of nitrogens with zero attached hydrogens (tertiary/aromatic N) is 1. The van der Waals surface area contributed by atoms with Crippen molar-refractivity contribution in [2.24, 2.45) is 0 Å². The topological polar surface area (TPSA) is 12.9 Å². The minimum absolute atomic E-state index is 0.238. The summed E-state index contributed by atoms with van der Waals surface area (Å²) in [5.74, 6) is -0.238. The Hall–Kier alpha value is -0.740. The maximum atomic E-state index is 13.1. The highest BCUT2D eigenvalue weighted by Crippen LogP contribution is 2.31. The molecule has 0 saturated carbocycles. The standard InChI is InChI=1S/C11H9BrFNS/c1-6-11(15-7(2)14-6)8-3-4-10(13)9(12)5-8/h3-5H,1-2H3. The first-order chi connectivity index (χ1) is 7.08. The van der Waals surface area contributed by atoms with Gasteiger partial charge in [-0.3, -0.25) is 0 Å². The van der Waals surface area contributed by atoms with E-state index in [0.717, 1.165) is 21.1 Å². The zero-order valence-corrected chi connectivity index (χ0v) is 10.7. The first-order valence-electron chi connectivity index (χ1n) is 4.47.